The van der Waals surface area contributed by atoms with Gasteiger partial charge >= 0.3 is 0 Å². The summed E-state index contributed by atoms with van der Waals surface area (Å²) in [6.07, 6.45) is 2.56. The number of alkyl halides is 1. The number of pyridine rings is 1. The molecule has 1 aliphatic rings. The fourth-order valence-electron chi connectivity index (χ4n) is 5.59. The van der Waals surface area contributed by atoms with Crippen LogP contribution >= 0.6 is 11.3 Å². The number of primary amides is 2. The van der Waals surface area contributed by atoms with Crippen molar-refractivity contribution in [3.63, 3.8) is 0 Å². The Balaban J connectivity index is 0.000000393. The van der Waals surface area contributed by atoms with E-state index >= 15 is 4.39 Å². The molecule has 238 valence electrons. The number of halogens is 2. The number of benzene rings is 2. The molecule has 0 radical (unpaired) electrons. The lowest BCUT2D eigenvalue weighted by Crippen LogP contribution is -2.20. The first-order valence-corrected chi connectivity index (χ1v) is 15.9. The molecule has 11 heteroatoms. The van der Waals surface area contributed by atoms with Gasteiger partial charge in [0.05, 0.1) is 27.4 Å². The maximum Gasteiger partial charge on any atom is 0.258 e. The van der Waals surface area contributed by atoms with E-state index in [1.165, 1.54) is 49.6 Å². The summed E-state index contributed by atoms with van der Waals surface area (Å²) in [4.78, 5) is 30.1. The average Bonchev–Trinajstić information content (AvgIpc) is 3.78. The summed E-state index contributed by atoms with van der Waals surface area (Å²) in [6, 6.07) is 17.0. The molecule has 0 spiro atoms. The molecule has 1 unspecified atom stereocenters. The molecular weight excluding hydrogens is 608 g/mol. The van der Waals surface area contributed by atoms with Gasteiger partial charge in [-0.15, -0.1) is 21.5 Å². The first kappa shape index (κ1) is 32.6. The molecule has 2 amide bonds. The minimum atomic E-state index is -1.56. The number of fused-ring (bicyclic) bond motifs is 1. The molecule has 8 nitrogen and oxygen atoms in total. The number of hydrogen-bond acceptors (Lipinski definition) is 7. The molecule has 46 heavy (non-hydrogen) atoms. The van der Waals surface area contributed by atoms with Gasteiger partial charge in [0.2, 0.25) is 11.8 Å². The summed E-state index contributed by atoms with van der Waals surface area (Å²) < 4.78 is 34.7. The Kier molecular flexibility index (Phi) is 10.0. The van der Waals surface area contributed by atoms with Crippen LogP contribution in [-0.4, -0.2) is 27.0 Å². The van der Waals surface area contributed by atoms with E-state index < -0.39 is 23.8 Å². The summed E-state index contributed by atoms with van der Waals surface area (Å²) in [5.41, 5.74) is 16.0. The molecule has 4 N–H and O–H groups in total. The van der Waals surface area contributed by atoms with E-state index in [0.717, 1.165) is 11.3 Å². The first-order chi connectivity index (χ1) is 22.0. The number of amides is 2. The van der Waals surface area contributed by atoms with Gasteiger partial charge < -0.3 is 15.9 Å². The topological polar surface area (TPSA) is 138 Å². The standard InChI is InChI=1S/C26H25F2N5O3S.C9H10/c1-12(2)10-17-21(25(30)35)23(19-8-9-20(37-19)24(29)34)22(26-33-32-13(3)36-26)18(31-17)11-16(28)14-4-6-15(27)7-5-14;1-2-5-9-7-3-6-8(9)4-1/h4-9,12,16H,10-11H2,1-3H3,(H2,29,34)(H2,30,35);1-2,4-5H,3,6-7H2. The summed E-state index contributed by atoms with van der Waals surface area (Å²) in [5.74, 6) is -1.50. The van der Waals surface area contributed by atoms with E-state index in [2.05, 4.69) is 34.5 Å². The number of carbonyl (C=O) groups is 2. The molecular formula is C35H35F2N5O3S. The Morgan fingerprint density at radius 1 is 0.891 bits per heavy atom. The predicted molar refractivity (Wildman–Crippen MR) is 174 cm³/mol. The molecule has 0 saturated heterocycles. The van der Waals surface area contributed by atoms with E-state index in [0.29, 0.717) is 22.6 Å². The highest BCUT2D eigenvalue weighted by molar-refractivity contribution is 7.17. The van der Waals surface area contributed by atoms with E-state index in [1.807, 2.05) is 13.8 Å². The van der Waals surface area contributed by atoms with Gasteiger partial charge in [0.25, 0.3) is 11.8 Å². The summed E-state index contributed by atoms with van der Waals surface area (Å²) in [7, 11) is 0. The lowest BCUT2D eigenvalue weighted by molar-refractivity contribution is 0.0993. The van der Waals surface area contributed by atoms with Gasteiger partial charge in [-0.25, -0.2) is 8.78 Å². The number of nitrogens with two attached hydrogens (primary N) is 2. The minimum Gasteiger partial charge on any atom is -0.421 e. The SMILES string of the molecule is Cc1nnc(-c2c(CC(F)c3ccc(F)cc3)nc(CC(C)C)c(C(N)=O)c2-c2ccc(C(N)=O)s2)o1.c1ccc2c(c1)CCC2. The molecule has 0 aliphatic heterocycles. The maximum absolute atomic E-state index is 15.6. The lowest BCUT2D eigenvalue weighted by Gasteiger charge is -2.20. The summed E-state index contributed by atoms with van der Waals surface area (Å²) in [5, 5.41) is 8.02. The number of rotatable bonds is 9. The number of carbonyl (C=O) groups excluding carboxylic acids is 2. The van der Waals surface area contributed by atoms with Crippen LogP contribution in [0, 0.1) is 18.7 Å². The van der Waals surface area contributed by atoms with Crippen LogP contribution in [0.2, 0.25) is 0 Å². The average molecular weight is 644 g/mol. The third-order valence-corrected chi connectivity index (χ3v) is 8.76. The zero-order valence-electron chi connectivity index (χ0n) is 25.8. The second-order valence-electron chi connectivity index (χ2n) is 11.6. The van der Waals surface area contributed by atoms with E-state index in [4.69, 9.17) is 20.9 Å². The van der Waals surface area contributed by atoms with E-state index in [1.54, 1.807) is 24.1 Å². The van der Waals surface area contributed by atoms with Crippen LogP contribution in [0.4, 0.5) is 8.78 Å². The minimum absolute atomic E-state index is 0.0222. The quantitative estimate of drug-likeness (QED) is 0.175. The van der Waals surface area contributed by atoms with Gasteiger partial charge in [-0.1, -0.05) is 50.2 Å². The molecule has 3 aromatic heterocycles. The van der Waals surface area contributed by atoms with Crippen molar-refractivity contribution in [1.29, 1.82) is 0 Å². The van der Waals surface area contributed by atoms with Gasteiger partial charge in [-0.05, 0) is 72.6 Å². The molecule has 1 atom stereocenters. The van der Waals surface area contributed by atoms with Crippen molar-refractivity contribution in [3.8, 4) is 21.9 Å². The van der Waals surface area contributed by atoms with Crippen molar-refractivity contribution >= 4 is 23.2 Å². The Labute approximate surface area is 269 Å². The third-order valence-electron chi connectivity index (χ3n) is 7.65. The van der Waals surface area contributed by atoms with Gasteiger partial charge in [-0.3, -0.25) is 14.6 Å². The Morgan fingerprint density at radius 2 is 1.57 bits per heavy atom. The lowest BCUT2D eigenvalue weighted by atomic mass is 9.91. The predicted octanol–water partition coefficient (Wildman–Crippen LogP) is 7.13. The smallest absolute Gasteiger partial charge is 0.258 e. The highest BCUT2D eigenvalue weighted by atomic mass is 32.1. The van der Waals surface area contributed by atoms with Crippen LogP contribution in [-0.2, 0) is 25.7 Å². The molecule has 6 rings (SSSR count). The van der Waals surface area contributed by atoms with Crippen molar-refractivity contribution in [2.45, 2.75) is 59.0 Å². The number of aromatic nitrogens is 3. The summed E-state index contributed by atoms with van der Waals surface area (Å²) >= 11 is 1.06. The third kappa shape index (κ3) is 7.37. The molecule has 5 aromatic rings. The number of aryl methyl sites for hydroxylation is 3. The van der Waals surface area contributed by atoms with Crippen LogP contribution in [0.5, 0.6) is 0 Å². The van der Waals surface area contributed by atoms with Crippen LogP contribution < -0.4 is 11.5 Å². The molecule has 0 fully saturated rings. The zero-order chi connectivity index (χ0) is 33.0. The van der Waals surface area contributed by atoms with Gasteiger partial charge in [-0.2, -0.15) is 0 Å². The van der Waals surface area contributed by atoms with Crippen LogP contribution in [0.1, 0.15) is 80.4 Å². The van der Waals surface area contributed by atoms with Gasteiger partial charge in [0.1, 0.15) is 12.0 Å². The van der Waals surface area contributed by atoms with Crippen molar-refractivity contribution in [2.24, 2.45) is 17.4 Å². The second kappa shape index (κ2) is 14.1. The number of hydrogen-bond donors (Lipinski definition) is 2. The monoisotopic (exact) mass is 643 g/mol. The highest BCUT2D eigenvalue weighted by Crippen LogP contribution is 2.42. The normalized spacial score (nSPS) is 12.8. The van der Waals surface area contributed by atoms with Crippen molar-refractivity contribution in [2.75, 3.05) is 0 Å². The Bertz CT molecular complexity index is 1840. The van der Waals surface area contributed by atoms with Crippen molar-refractivity contribution < 1.29 is 22.8 Å². The van der Waals surface area contributed by atoms with E-state index in [-0.39, 0.29) is 51.4 Å². The zero-order valence-corrected chi connectivity index (χ0v) is 26.7. The van der Waals surface area contributed by atoms with E-state index in [9.17, 15) is 14.0 Å². The van der Waals surface area contributed by atoms with Crippen LogP contribution in [0.15, 0.2) is 65.1 Å². The molecule has 1 aliphatic carbocycles. The second-order valence-corrected chi connectivity index (χ2v) is 12.7. The maximum atomic E-state index is 15.6. The fraction of sp³-hybridized carbons (Fsp3) is 0.286. The largest absolute Gasteiger partial charge is 0.421 e. The van der Waals surface area contributed by atoms with Gasteiger partial charge in [0, 0.05) is 23.8 Å². The molecule has 0 saturated carbocycles. The summed E-state index contributed by atoms with van der Waals surface area (Å²) in [6.45, 7) is 5.50. The first-order valence-electron chi connectivity index (χ1n) is 15.0. The van der Waals surface area contributed by atoms with Crippen LogP contribution in [0.25, 0.3) is 21.9 Å². The Hall–Kier alpha value is -4.77. The van der Waals surface area contributed by atoms with Gasteiger partial charge in [0.15, 0.2) is 0 Å². The Morgan fingerprint density at radius 3 is 2.11 bits per heavy atom. The molecule has 2 aromatic carbocycles. The molecule has 0 bridgehead atoms. The van der Waals surface area contributed by atoms with Crippen molar-refractivity contribution in [3.05, 3.63) is 111 Å². The fourth-order valence-corrected chi connectivity index (χ4v) is 6.50. The van der Waals surface area contributed by atoms with Crippen molar-refractivity contribution in [1.82, 2.24) is 15.2 Å². The van der Waals surface area contributed by atoms with Crippen LogP contribution in [0.3, 0.4) is 0 Å². The number of nitrogens with zero attached hydrogens (tertiary/aromatic N) is 3. The number of thiophene rings is 1. The highest BCUT2D eigenvalue weighted by Gasteiger charge is 2.30. The molecule has 3 heterocycles.